The number of ether oxygens (including phenoxy) is 1. The fraction of sp³-hybridized carbons (Fsp3) is 0.250. The van der Waals surface area contributed by atoms with Crippen LogP contribution in [0, 0.1) is 0 Å². The summed E-state index contributed by atoms with van der Waals surface area (Å²) in [6.07, 6.45) is 1.40. The van der Waals surface area contributed by atoms with E-state index in [1.54, 1.807) is 26.3 Å². The maximum atomic E-state index is 12.0. The molecule has 0 unspecified atom stereocenters. The number of para-hydroxylation sites is 2. The average Bonchev–Trinajstić information content (AvgIpc) is 2.92. The molecule has 1 aromatic heterocycles. The Morgan fingerprint density at radius 3 is 2.95 bits per heavy atom. The quantitative estimate of drug-likeness (QED) is 0.873. The van der Waals surface area contributed by atoms with Gasteiger partial charge in [-0.2, -0.15) is 5.10 Å². The van der Waals surface area contributed by atoms with E-state index in [2.05, 4.69) is 20.5 Å². The highest BCUT2D eigenvalue weighted by Gasteiger charge is 2.12. The van der Waals surface area contributed by atoms with Crippen molar-refractivity contribution in [2.75, 3.05) is 19.5 Å². The summed E-state index contributed by atoms with van der Waals surface area (Å²) < 4.78 is 5.17. The first-order valence-electron chi connectivity index (χ1n) is 5.70. The zero-order chi connectivity index (χ0) is 13.7. The van der Waals surface area contributed by atoms with Gasteiger partial charge in [-0.1, -0.05) is 12.1 Å². The van der Waals surface area contributed by atoms with Crippen molar-refractivity contribution >= 4 is 11.7 Å². The predicted octanol–water partition coefficient (Wildman–Crippen LogP) is 1.48. The van der Waals surface area contributed by atoms with Gasteiger partial charge in [0.15, 0.2) is 0 Å². The maximum absolute atomic E-state index is 12.0. The molecule has 0 radical (unpaired) electrons. The van der Waals surface area contributed by atoms with Crippen LogP contribution in [0.1, 0.15) is 5.82 Å². The van der Waals surface area contributed by atoms with Crippen molar-refractivity contribution in [2.24, 2.45) is 0 Å². The number of amides is 2. The molecular weight excluding hydrogens is 246 g/mol. The number of carbonyl (C=O) groups excluding carboxylic acids is 1. The van der Waals surface area contributed by atoms with Crippen molar-refractivity contribution in [3.63, 3.8) is 0 Å². The molecule has 1 heterocycles. The highest BCUT2D eigenvalue weighted by Crippen LogP contribution is 2.23. The van der Waals surface area contributed by atoms with E-state index in [4.69, 9.17) is 4.74 Å². The van der Waals surface area contributed by atoms with Gasteiger partial charge in [-0.15, -0.1) is 0 Å². The largest absolute Gasteiger partial charge is 0.495 e. The minimum atomic E-state index is -0.249. The number of aromatic amines is 1. The molecule has 2 rings (SSSR count). The summed E-state index contributed by atoms with van der Waals surface area (Å²) >= 11 is 0. The van der Waals surface area contributed by atoms with Gasteiger partial charge in [0.2, 0.25) is 0 Å². The number of nitrogens with one attached hydrogen (secondary N) is 2. The van der Waals surface area contributed by atoms with Gasteiger partial charge in [0.25, 0.3) is 0 Å². The van der Waals surface area contributed by atoms with E-state index < -0.39 is 0 Å². The molecule has 0 saturated heterocycles. The van der Waals surface area contributed by atoms with Gasteiger partial charge in [-0.05, 0) is 12.1 Å². The molecule has 19 heavy (non-hydrogen) atoms. The number of anilines is 1. The van der Waals surface area contributed by atoms with Crippen molar-refractivity contribution in [3.05, 3.63) is 36.4 Å². The highest BCUT2D eigenvalue weighted by molar-refractivity contribution is 5.90. The first-order valence-corrected chi connectivity index (χ1v) is 5.70. The van der Waals surface area contributed by atoms with E-state index in [1.807, 2.05) is 12.1 Å². The number of hydrogen-bond acceptors (Lipinski definition) is 4. The summed E-state index contributed by atoms with van der Waals surface area (Å²) in [4.78, 5) is 17.5. The zero-order valence-corrected chi connectivity index (χ0v) is 10.8. The minimum Gasteiger partial charge on any atom is -0.495 e. The Kier molecular flexibility index (Phi) is 3.97. The fourth-order valence-corrected chi connectivity index (χ4v) is 1.56. The van der Waals surface area contributed by atoms with Gasteiger partial charge in [0, 0.05) is 7.05 Å². The van der Waals surface area contributed by atoms with Crippen LogP contribution < -0.4 is 10.1 Å². The Labute approximate surface area is 110 Å². The van der Waals surface area contributed by atoms with Crippen molar-refractivity contribution in [2.45, 2.75) is 6.54 Å². The van der Waals surface area contributed by atoms with Gasteiger partial charge in [-0.3, -0.25) is 5.10 Å². The number of H-pyrrole nitrogens is 1. The lowest BCUT2D eigenvalue weighted by Crippen LogP contribution is -2.31. The molecule has 1 aromatic carbocycles. The second-order valence-electron chi connectivity index (χ2n) is 3.92. The van der Waals surface area contributed by atoms with Crippen LogP contribution in [0.5, 0.6) is 5.75 Å². The molecule has 0 saturated carbocycles. The lowest BCUT2D eigenvalue weighted by molar-refractivity contribution is 0.219. The molecule has 2 aromatic rings. The number of aromatic nitrogens is 3. The molecular formula is C12H15N5O2. The monoisotopic (exact) mass is 261 g/mol. The van der Waals surface area contributed by atoms with Gasteiger partial charge < -0.3 is 15.0 Å². The van der Waals surface area contributed by atoms with E-state index in [9.17, 15) is 4.79 Å². The van der Waals surface area contributed by atoms with Crippen LogP contribution >= 0.6 is 0 Å². The second-order valence-corrected chi connectivity index (χ2v) is 3.92. The average molecular weight is 261 g/mol. The Hall–Kier alpha value is -2.57. The number of benzene rings is 1. The number of methoxy groups -OCH3 is 1. The highest BCUT2D eigenvalue weighted by atomic mass is 16.5. The lowest BCUT2D eigenvalue weighted by atomic mass is 10.3. The number of urea groups is 1. The molecule has 0 atom stereocenters. The first-order chi connectivity index (χ1) is 9.20. The number of rotatable bonds is 4. The molecule has 7 nitrogen and oxygen atoms in total. The third kappa shape index (κ3) is 3.21. The predicted molar refractivity (Wildman–Crippen MR) is 69.9 cm³/mol. The normalized spacial score (nSPS) is 10.0. The summed E-state index contributed by atoms with van der Waals surface area (Å²) in [5, 5.41) is 9.21. The van der Waals surface area contributed by atoms with Crippen LogP contribution in [0.15, 0.2) is 30.6 Å². The molecule has 2 amide bonds. The Bertz CT molecular complexity index is 541. The second kappa shape index (κ2) is 5.85. The van der Waals surface area contributed by atoms with Crippen LogP contribution in [0.4, 0.5) is 10.5 Å². The van der Waals surface area contributed by atoms with Crippen molar-refractivity contribution < 1.29 is 9.53 Å². The Balaban J connectivity index is 2.00. The van der Waals surface area contributed by atoms with E-state index >= 15 is 0 Å². The molecule has 0 fully saturated rings. The van der Waals surface area contributed by atoms with Gasteiger partial charge >= 0.3 is 6.03 Å². The summed E-state index contributed by atoms with van der Waals surface area (Å²) in [5.41, 5.74) is 0.624. The van der Waals surface area contributed by atoms with Crippen LogP contribution in [0.2, 0.25) is 0 Å². The molecule has 0 bridgehead atoms. The third-order valence-corrected chi connectivity index (χ3v) is 2.55. The van der Waals surface area contributed by atoms with Gasteiger partial charge in [-0.25, -0.2) is 9.78 Å². The molecule has 0 aliphatic carbocycles. The first kappa shape index (κ1) is 12.9. The molecule has 2 N–H and O–H groups in total. The standard InChI is InChI=1S/C12H15N5O2/c1-17(7-11-13-8-14-16-11)12(18)15-9-5-3-4-6-10(9)19-2/h3-6,8H,7H2,1-2H3,(H,15,18)(H,13,14,16). The molecule has 0 spiro atoms. The molecule has 0 aliphatic heterocycles. The summed E-state index contributed by atoms with van der Waals surface area (Å²) in [6.45, 7) is 0.348. The van der Waals surface area contributed by atoms with Crippen molar-refractivity contribution in [1.82, 2.24) is 20.1 Å². The van der Waals surface area contributed by atoms with E-state index in [0.717, 1.165) is 0 Å². The molecule has 7 heteroatoms. The van der Waals surface area contributed by atoms with Gasteiger partial charge in [0.05, 0.1) is 19.3 Å². The van der Waals surface area contributed by atoms with Crippen LogP contribution in [-0.2, 0) is 6.54 Å². The number of nitrogens with zero attached hydrogens (tertiary/aromatic N) is 3. The van der Waals surface area contributed by atoms with Crippen LogP contribution in [0.3, 0.4) is 0 Å². The number of carbonyl (C=O) groups is 1. The SMILES string of the molecule is COc1ccccc1NC(=O)N(C)Cc1ncn[nH]1. The Morgan fingerprint density at radius 1 is 1.47 bits per heavy atom. The minimum absolute atomic E-state index is 0.249. The lowest BCUT2D eigenvalue weighted by Gasteiger charge is -2.17. The zero-order valence-electron chi connectivity index (χ0n) is 10.8. The maximum Gasteiger partial charge on any atom is 0.322 e. The van der Waals surface area contributed by atoms with Crippen LogP contribution in [0.25, 0.3) is 0 Å². The Morgan fingerprint density at radius 2 is 2.26 bits per heavy atom. The number of hydrogen-bond donors (Lipinski definition) is 2. The molecule has 100 valence electrons. The smallest absolute Gasteiger partial charge is 0.322 e. The third-order valence-electron chi connectivity index (χ3n) is 2.55. The summed E-state index contributed by atoms with van der Waals surface area (Å²) in [7, 11) is 3.23. The fourth-order valence-electron chi connectivity index (χ4n) is 1.56. The van der Waals surface area contributed by atoms with E-state index in [-0.39, 0.29) is 6.03 Å². The molecule has 0 aliphatic rings. The summed E-state index contributed by atoms with van der Waals surface area (Å²) in [5.74, 6) is 1.24. The van der Waals surface area contributed by atoms with Crippen molar-refractivity contribution in [3.8, 4) is 5.75 Å². The van der Waals surface area contributed by atoms with E-state index in [1.165, 1.54) is 11.2 Å². The van der Waals surface area contributed by atoms with E-state index in [0.29, 0.717) is 23.8 Å². The van der Waals surface area contributed by atoms with Crippen molar-refractivity contribution in [1.29, 1.82) is 0 Å². The summed E-state index contributed by atoms with van der Waals surface area (Å²) in [6, 6.07) is 6.98. The topological polar surface area (TPSA) is 83.1 Å². The van der Waals surface area contributed by atoms with Gasteiger partial charge in [0.1, 0.15) is 17.9 Å². The van der Waals surface area contributed by atoms with Crippen LogP contribution in [-0.4, -0.2) is 40.3 Å².